The summed E-state index contributed by atoms with van der Waals surface area (Å²) in [6.45, 7) is 6.53. The van der Waals surface area contributed by atoms with E-state index in [-0.39, 0.29) is 6.10 Å². The van der Waals surface area contributed by atoms with Crippen molar-refractivity contribution in [2.75, 3.05) is 38.3 Å². The highest BCUT2D eigenvalue weighted by Crippen LogP contribution is 2.14. The number of ether oxygens (including phenoxy) is 2. The van der Waals surface area contributed by atoms with E-state index >= 15 is 0 Å². The molecule has 1 heterocycles. The molecule has 2 N–H and O–H groups in total. The normalized spacial score (nSPS) is 10.7. The number of methoxy groups -OCH3 is 1. The van der Waals surface area contributed by atoms with Crippen molar-refractivity contribution in [1.29, 1.82) is 0 Å². The molecule has 0 saturated carbocycles. The Kier molecular flexibility index (Phi) is 6.38. The van der Waals surface area contributed by atoms with E-state index in [4.69, 9.17) is 15.2 Å². The van der Waals surface area contributed by atoms with Gasteiger partial charge >= 0.3 is 0 Å². The summed E-state index contributed by atoms with van der Waals surface area (Å²) in [6.07, 6.45) is 3.40. The molecule has 6 heteroatoms. The summed E-state index contributed by atoms with van der Waals surface area (Å²) in [7, 11) is 1.67. The zero-order valence-electron chi connectivity index (χ0n) is 11.3. The van der Waals surface area contributed by atoms with Crippen LogP contribution in [0.1, 0.15) is 13.8 Å². The lowest BCUT2D eigenvalue weighted by atomic mass is 10.4. The molecule has 0 aromatic carbocycles. The van der Waals surface area contributed by atoms with Gasteiger partial charge in [0.1, 0.15) is 0 Å². The Hall–Kier alpha value is -1.40. The largest absolute Gasteiger partial charge is 0.474 e. The van der Waals surface area contributed by atoms with Crippen molar-refractivity contribution in [2.24, 2.45) is 5.73 Å². The zero-order chi connectivity index (χ0) is 13.4. The molecule has 0 atom stereocenters. The summed E-state index contributed by atoms with van der Waals surface area (Å²) < 4.78 is 10.6. The Morgan fingerprint density at radius 1 is 1.33 bits per heavy atom. The van der Waals surface area contributed by atoms with Crippen molar-refractivity contribution in [1.82, 2.24) is 9.97 Å². The molecular formula is C12H22N4O2. The third-order valence-corrected chi connectivity index (χ3v) is 2.24. The maximum atomic E-state index is 5.60. The quantitative estimate of drug-likeness (QED) is 0.735. The third-order valence-electron chi connectivity index (χ3n) is 2.24. The van der Waals surface area contributed by atoms with Gasteiger partial charge in [0.15, 0.2) is 5.82 Å². The van der Waals surface area contributed by atoms with Crippen LogP contribution in [0.2, 0.25) is 0 Å². The Balaban J connectivity index is 2.76. The number of hydrogen-bond donors (Lipinski definition) is 1. The van der Waals surface area contributed by atoms with Crippen LogP contribution in [0.3, 0.4) is 0 Å². The fourth-order valence-corrected chi connectivity index (χ4v) is 1.49. The van der Waals surface area contributed by atoms with Crippen molar-refractivity contribution >= 4 is 5.82 Å². The molecule has 0 radical (unpaired) electrons. The Morgan fingerprint density at radius 2 is 2.11 bits per heavy atom. The maximum absolute atomic E-state index is 5.60. The number of hydrogen-bond acceptors (Lipinski definition) is 6. The van der Waals surface area contributed by atoms with Gasteiger partial charge in [0.2, 0.25) is 5.88 Å². The third kappa shape index (κ3) is 4.85. The second-order valence-corrected chi connectivity index (χ2v) is 4.15. The van der Waals surface area contributed by atoms with Crippen LogP contribution >= 0.6 is 0 Å². The van der Waals surface area contributed by atoms with Gasteiger partial charge in [-0.2, -0.15) is 4.98 Å². The van der Waals surface area contributed by atoms with E-state index in [2.05, 4.69) is 9.97 Å². The topological polar surface area (TPSA) is 73.5 Å². The van der Waals surface area contributed by atoms with Crippen LogP contribution in [-0.2, 0) is 4.74 Å². The molecule has 18 heavy (non-hydrogen) atoms. The van der Waals surface area contributed by atoms with Gasteiger partial charge in [-0.1, -0.05) is 0 Å². The van der Waals surface area contributed by atoms with Gasteiger partial charge in [0.25, 0.3) is 0 Å². The predicted octanol–water partition coefficient (Wildman–Crippen LogP) is 0.675. The number of nitrogens with two attached hydrogens (primary N) is 1. The molecule has 0 aliphatic carbocycles. The Bertz CT molecular complexity index is 347. The average Bonchev–Trinajstić information content (AvgIpc) is 2.34. The van der Waals surface area contributed by atoms with E-state index in [1.165, 1.54) is 0 Å². The molecular weight excluding hydrogens is 232 g/mol. The summed E-state index contributed by atoms with van der Waals surface area (Å²) in [6, 6.07) is 0. The molecule has 0 amide bonds. The molecule has 0 aliphatic rings. The second-order valence-electron chi connectivity index (χ2n) is 4.15. The van der Waals surface area contributed by atoms with Gasteiger partial charge in [-0.25, -0.2) is 0 Å². The fourth-order valence-electron chi connectivity index (χ4n) is 1.49. The minimum absolute atomic E-state index is 0.0801. The van der Waals surface area contributed by atoms with Crippen molar-refractivity contribution in [3.05, 3.63) is 12.4 Å². The zero-order valence-corrected chi connectivity index (χ0v) is 11.3. The van der Waals surface area contributed by atoms with Crippen LogP contribution in [0.15, 0.2) is 12.4 Å². The summed E-state index contributed by atoms with van der Waals surface area (Å²) in [5.41, 5.74) is 5.60. The lowest BCUT2D eigenvalue weighted by molar-refractivity contribution is 0.205. The van der Waals surface area contributed by atoms with Crippen LogP contribution in [0.5, 0.6) is 5.88 Å². The standard InChI is InChI=1S/C12H22N4O2/c1-10(2)18-12-9-14-8-11(15-12)16(5-4-13)6-7-17-3/h8-10H,4-7,13H2,1-3H3. The van der Waals surface area contributed by atoms with Gasteiger partial charge < -0.3 is 20.1 Å². The molecule has 1 aromatic heterocycles. The monoisotopic (exact) mass is 254 g/mol. The number of aromatic nitrogens is 2. The molecule has 0 unspecified atom stereocenters. The first-order valence-corrected chi connectivity index (χ1v) is 6.10. The summed E-state index contributed by atoms with van der Waals surface area (Å²) >= 11 is 0. The molecule has 6 nitrogen and oxygen atoms in total. The van der Waals surface area contributed by atoms with Crippen LogP contribution in [0.25, 0.3) is 0 Å². The van der Waals surface area contributed by atoms with E-state index in [0.29, 0.717) is 25.6 Å². The smallest absolute Gasteiger partial charge is 0.234 e. The van der Waals surface area contributed by atoms with Gasteiger partial charge in [0, 0.05) is 26.7 Å². The van der Waals surface area contributed by atoms with Gasteiger partial charge in [0.05, 0.1) is 25.1 Å². The molecule has 102 valence electrons. The number of nitrogens with zero attached hydrogens (tertiary/aromatic N) is 3. The van der Waals surface area contributed by atoms with E-state index < -0.39 is 0 Å². The van der Waals surface area contributed by atoms with E-state index in [1.807, 2.05) is 18.7 Å². The SMILES string of the molecule is COCCN(CCN)c1cncc(OC(C)C)n1. The van der Waals surface area contributed by atoms with Crippen molar-refractivity contribution in [3.63, 3.8) is 0 Å². The molecule has 0 saturated heterocycles. The van der Waals surface area contributed by atoms with Crippen LogP contribution < -0.4 is 15.4 Å². The first kappa shape index (κ1) is 14.7. The van der Waals surface area contributed by atoms with Crippen LogP contribution in [-0.4, -0.2) is 49.4 Å². The predicted molar refractivity (Wildman–Crippen MR) is 70.9 cm³/mol. The van der Waals surface area contributed by atoms with Crippen LogP contribution in [0, 0.1) is 0 Å². The highest BCUT2D eigenvalue weighted by molar-refractivity contribution is 5.37. The summed E-state index contributed by atoms with van der Waals surface area (Å²) in [5.74, 6) is 1.29. The fraction of sp³-hybridized carbons (Fsp3) is 0.667. The van der Waals surface area contributed by atoms with Gasteiger partial charge in [-0.3, -0.25) is 4.98 Å². The minimum Gasteiger partial charge on any atom is -0.474 e. The molecule has 0 spiro atoms. The second kappa shape index (κ2) is 7.84. The van der Waals surface area contributed by atoms with Crippen molar-refractivity contribution < 1.29 is 9.47 Å². The molecule has 0 fully saturated rings. The first-order valence-electron chi connectivity index (χ1n) is 6.10. The van der Waals surface area contributed by atoms with E-state index in [0.717, 1.165) is 12.4 Å². The number of rotatable bonds is 8. The van der Waals surface area contributed by atoms with E-state index in [9.17, 15) is 0 Å². The average molecular weight is 254 g/mol. The summed E-state index contributed by atoms with van der Waals surface area (Å²) in [4.78, 5) is 10.6. The lowest BCUT2D eigenvalue weighted by Gasteiger charge is -2.22. The molecule has 0 aliphatic heterocycles. The molecule has 1 rings (SSSR count). The van der Waals surface area contributed by atoms with Crippen molar-refractivity contribution in [3.8, 4) is 5.88 Å². The minimum atomic E-state index is 0.0801. The highest BCUT2D eigenvalue weighted by atomic mass is 16.5. The molecule has 1 aromatic rings. The van der Waals surface area contributed by atoms with Gasteiger partial charge in [-0.15, -0.1) is 0 Å². The van der Waals surface area contributed by atoms with Crippen LogP contribution in [0.4, 0.5) is 5.82 Å². The summed E-state index contributed by atoms with van der Waals surface area (Å²) in [5, 5.41) is 0. The lowest BCUT2D eigenvalue weighted by Crippen LogP contribution is -2.33. The Morgan fingerprint density at radius 3 is 2.72 bits per heavy atom. The maximum Gasteiger partial charge on any atom is 0.234 e. The first-order chi connectivity index (χ1) is 8.67. The van der Waals surface area contributed by atoms with Crippen molar-refractivity contribution in [2.45, 2.75) is 20.0 Å². The Labute approximate surface area is 108 Å². The highest BCUT2D eigenvalue weighted by Gasteiger charge is 2.09. The molecule has 0 bridgehead atoms. The van der Waals surface area contributed by atoms with E-state index in [1.54, 1.807) is 19.5 Å². The van der Waals surface area contributed by atoms with Gasteiger partial charge in [-0.05, 0) is 13.8 Å². The number of anilines is 1.